The van der Waals surface area contributed by atoms with Crippen LogP contribution in [0.25, 0.3) is 10.8 Å². The average Bonchev–Trinajstić information content (AvgIpc) is 2.90. The van der Waals surface area contributed by atoms with Crippen molar-refractivity contribution in [1.82, 2.24) is 0 Å². The van der Waals surface area contributed by atoms with Gasteiger partial charge in [0.15, 0.2) is 5.36 Å². The molecule has 40 heavy (non-hydrogen) atoms. The van der Waals surface area contributed by atoms with E-state index >= 15 is 0 Å². The van der Waals surface area contributed by atoms with E-state index in [1.165, 1.54) is 42.5 Å². The van der Waals surface area contributed by atoms with Gasteiger partial charge in [-0.05, 0) is 48.5 Å². The van der Waals surface area contributed by atoms with Crippen molar-refractivity contribution in [2.24, 2.45) is 10.2 Å². The molecule has 204 valence electrons. The molecule has 0 saturated heterocycles. The molecule has 0 bridgehead atoms. The highest BCUT2D eigenvalue weighted by Gasteiger charge is 2.10. The Morgan fingerprint density at radius 1 is 0.600 bits per heavy atom. The summed E-state index contributed by atoms with van der Waals surface area (Å²) >= 11 is 0. The Kier molecular flexibility index (Phi) is 8.16. The third kappa shape index (κ3) is 6.62. The van der Waals surface area contributed by atoms with Crippen molar-refractivity contribution in [2.45, 2.75) is 9.79 Å². The van der Waals surface area contributed by atoms with Crippen LogP contribution in [-0.2, 0) is 20.2 Å². The maximum atomic E-state index is 13.0. The maximum Gasteiger partial charge on any atom is 0.237 e. The van der Waals surface area contributed by atoms with Crippen molar-refractivity contribution in [1.29, 1.82) is 0 Å². The molecule has 14 heteroatoms. The lowest BCUT2D eigenvalue weighted by Crippen LogP contribution is -2.47. The Bertz CT molecular complexity index is 2120. The van der Waals surface area contributed by atoms with Gasteiger partial charge in [-0.25, -0.2) is 16.8 Å². The van der Waals surface area contributed by atoms with Gasteiger partial charge in [0.05, 0.1) is 21.2 Å². The van der Waals surface area contributed by atoms with Crippen LogP contribution in [0.15, 0.2) is 127 Å². The Morgan fingerprint density at radius 3 is 1.98 bits per heavy atom. The topological polar surface area (TPSA) is 197 Å². The van der Waals surface area contributed by atoms with Crippen LogP contribution < -0.4 is 32.4 Å². The van der Waals surface area contributed by atoms with E-state index in [4.69, 9.17) is 0 Å². The van der Waals surface area contributed by atoms with Crippen molar-refractivity contribution in [2.75, 3.05) is 10.9 Å². The fourth-order valence-corrected chi connectivity index (χ4v) is 4.69. The molecule has 2 N–H and O–H groups in total. The monoisotopic (exact) mass is 578 g/mol. The highest BCUT2D eigenvalue weighted by Crippen LogP contribution is 2.29. The van der Waals surface area contributed by atoms with E-state index < -0.39 is 46.2 Å². The lowest BCUT2D eigenvalue weighted by molar-refractivity contribution is 0.461. The van der Waals surface area contributed by atoms with Gasteiger partial charge < -0.3 is 9.11 Å². The predicted octanol–water partition coefficient (Wildman–Crippen LogP) is 1.22. The van der Waals surface area contributed by atoms with Gasteiger partial charge in [-0.1, -0.05) is 48.5 Å². The number of benzene rings is 3. The number of anilines is 2. The van der Waals surface area contributed by atoms with Gasteiger partial charge in [0, 0.05) is 10.8 Å². The molecule has 4 aromatic rings. The highest BCUT2D eigenvalue weighted by atomic mass is 32.2. The van der Waals surface area contributed by atoms with Crippen molar-refractivity contribution in [3.05, 3.63) is 128 Å². The highest BCUT2D eigenvalue weighted by molar-refractivity contribution is 7.86. The normalized spacial score (nSPS) is 12.7. The maximum absolute atomic E-state index is 13.0. The van der Waals surface area contributed by atoms with E-state index in [9.17, 15) is 35.5 Å². The zero-order valence-electron chi connectivity index (χ0n) is 20.2. The summed E-state index contributed by atoms with van der Waals surface area (Å²) in [6.07, 6.45) is 0. The molecule has 0 aromatic heterocycles. The van der Waals surface area contributed by atoms with Crippen molar-refractivity contribution >= 4 is 42.4 Å². The van der Waals surface area contributed by atoms with Crippen LogP contribution in [0.3, 0.4) is 0 Å². The molecule has 0 aliphatic carbocycles. The first-order chi connectivity index (χ1) is 18.9. The molecule has 12 nitrogen and oxygen atoms in total. The van der Waals surface area contributed by atoms with Crippen molar-refractivity contribution in [3.8, 4) is 0 Å². The van der Waals surface area contributed by atoms with Crippen molar-refractivity contribution < 1.29 is 25.9 Å². The van der Waals surface area contributed by atoms with E-state index in [1.54, 1.807) is 24.3 Å². The molecule has 0 atom stereocenters. The summed E-state index contributed by atoms with van der Waals surface area (Å²) in [7, 11) is -9.50. The lowest BCUT2D eigenvalue weighted by Gasteiger charge is -2.13. The molecule has 4 aromatic carbocycles. The molecule has 4 rings (SSSR count). The average molecular weight is 579 g/mol. The standard InChI is InChI=1S/C26H20N4O8S2/c31-23-15-13-22(29-27-17-7-3-1-2-4-8-18(12-11-17)39(33,34)35)26(32)25(23)30-28-21-14-16-24(40(36,37)38)20-10-6-5-9-19(20)21/h1-16,27-28H,(H,33,34,35)(H,36,37,38)/p-2. The molecule has 0 radical (unpaired) electrons. The number of hydrogen-bond acceptors (Lipinski definition) is 12. The summed E-state index contributed by atoms with van der Waals surface area (Å²) in [6.45, 7) is 0. The molecular weight excluding hydrogens is 560 g/mol. The minimum atomic E-state index is -4.76. The second-order valence-corrected chi connectivity index (χ2v) is 10.8. The van der Waals surface area contributed by atoms with Crippen molar-refractivity contribution in [3.63, 3.8) is 0 Å². The minimum absolute atomic E-state index is 0.134. The zero-order valence-corrected chi connectivity index (χ0v) is 21.8. The molecule has 0 saturated carbocycles. The first kappa shape index (κ1) is 28.3. The first-order valence-corrected chi connectivity index (χ1v) is 14.1. The van der Waals surface area contributed by atoms with Crippen LogP contribution in [0.1, 0.15) is 0 Å². The Balaban J connectivity index is 1.75. The number of fused-ring (bicyclic) bond motifs is 1. The second kappa shape index (κ2) is 11.5. The zero-order chi connectivity index (χ0) is 28.9. The van der Waals surface area contributed by atoms with Crippen LogP contribution in [0, 0.1) is 0 Å². The summed E-state index contributed by atoms with van der Waals surface area (Å²) in [4.78, 5) is 24.4. The summed E-state index contributed by atoms with van der Waals surface area (Å²) < 4.78 is 69.1. The predicted molar refractivity (Wildman–Crippen MR) is 144 cm³/mol. The molecule has 0 spiro atoms. The molecule has 0 unspecified atom stereocenters. The van der Waals surface area contributed by atoms with Gasteiger partial charge in [-0.2, -0.15) is 10.2 Å². The van der Waals surface area contributed by atoms with Gasteiger partial charge in [0.1, 0.15) is 25.6 Å². The number of nitrogens with zero attached hydrogens (tertiary/aromatic N) is 2. The van der Waals surface area contributed by atoms with E-state index in [1.807, 2.05) is 0 Å². The largest absolute Gasteiger partial charge is 0.744 e. The van der Waals surface area contributed by atoms with E-state index in [2.05, 4.69) is 21.1 Å². The smallest absolute Gasteiger partial charge is 0.237 e. The number of nitrogens with one attached hydrogen (secondary N) is 2. The minimum Gasteiger partial charge on any atom is -0.744 e. The quantitative estimate of drug-likeness (QED) is 0.248. The first-order valence-electron chi connectivity index (χ1n) is 11.3. The fourth-order valence-electron chi connectivity index (χ4n) is 3.53. The van der Waals surface area contributed by atoms with Gasteiger partial charge in [-0.15, -0.1) is 0 Å². The van der Waals surface area contributed by atoms with Gasteiger partial charge in [-0.3, -0.25) is 20.4 Å². The van der Waals surface area contributed by atoms with Gasteiger partial charge in [0.2, 0.25) is 10.9 Å². The third-order valence-electron chi connectivity index (χ3n) is 5.41. The van der Waals surface area contributed by atoms with Crippen LogP contribution in [0.4, 0.5) is 11.4 Å². The van der Waals surface area contributed by atoms with Crippen LogP contribution in [-0.4, -0.2) is 25.9 Å². The van der Waals surface area contributed by atoms with E-state index in [0.717, 1.165) is 30.3 Å². The summed E-state index contributed by atoms with van der Waals surface area (Å²) in [5, 5.41) is 7.62. The van der Waals surface area contributed by atoms with E-state index in [0.29, 0.717) is 5.39 Å². The molecule has 0 amide bonds. The molecule has 0 aliphatic rings. The van der Waals surface area contributed by atoms with Crippen LogP contribution in [0.5, 0.6) is 0 Å². The Hall–Kier alpha value is -4.76. The Morgan fingerprint density at radius 2 is 1.27 bits per heavy atom. The molecule has 0 heterocycles. The molecule has 0 aliphatic heterocycles. The summed E-state index contributed by atoms with van der Waals surface area (Å²) in [6, 6.07) is 21.8. The lowest BCUT2D eigenvalue weighted by atomic mass is 10.1. The number of rotatable bonds is 6. The third-order valence-corrected chi connectivity index (χ3v) is 7.15. The molecular formula is C26H18N4O8S2-2. The SMILES string of the molecule is O=c1ccc(=NNc2ccccccc(S(=O)(=O)[O-])cc2)c(=O)c1=NNc1ccc(S(=O)(=O)[O-])c2ccccc12. The molecule has 0 fully saturated rings. The number of hydrogen-bond donors (Lipinski definition) is 2. The van der Waals surface area contributed by atoms with Crippen LogP contribution >= 0.6 is 0 Å². The summed E-state index contributed by atoms with van der Waals surface area (Å²) in [5.74, 6) is 0. The van der Waals surface area contributed by atoms with Gasteiger partial charge in [0.25, 0.3) is 0 Å². The van der Waals surface area contributed by atoms with Crippen LogP contribution in [0.2, 0.25) is 0 Å². The summed E-state index contributed by atoms with van der Waals surface area (Å²) in [5.41, 5.74) is 4.04. The Labute approximate surface area is 227 Å². The fraction of sp³-hybridized carbons (Fsp3) is 0. The van der Waals surface area contributed by atoms with E-state index in [-0.39, 0.29) is 22.1 Å². The van der Waals surface area contributed by atoms with Gasteiger partial charge >= 0.3 is 0 Å². The second-order valence-electron chi connectivity index (χ2n) is 8.07.